The smallest absolute Gasteiger partial charge is 0.449 e. The fourth-order valence-corrected chi connectivity index (χ4v) is 1.84. The van der Waals surface area contributed by atoms with Crippen LogP contribution in [0.1, 0.15) is 0 Å². The van der Waals surface area contributed by atoms with Crippen molar-refractivity contribution >= 4 is 33.9 Å². The van der Waals surface area contributed by atoms with E-state index in [2.05, 4.69) is 16.2 Å². The zero-order valence-electron chi connectivity index (χ0n) is 5.80. The predicted molar refractivity (Wildman–Crippen MR) is 46.3 cm³/mol. The normalized spacial score (nSPS) is 13.0. The molecule has 2 N–H and O–H groups in total. The largest absolute Gasteiger partial charge is 0.516 e. The summed E-state index contributed by atoms with van der Waals surface area (Å²) in [6, 6.07) is 0. The lowest BCUT2D eigenvalue weighted by Gasteiger charge is -1.84. The van der Waals surface area contributed by atoms with Crippen molar-refractivity contribution in [2.24, 2.45) is 0 Å². The summed E-state index contributed by atoms with van der Waals surface area (Å²) < 4.78 is 3.08. The minimum Gasteiger partial charge on any atom is -0.449 e. The molecule has 12 heavy (non-hydrogen) atoms. The fraction of sp³-hybridized carbons (Fsp3) is 0.200. The molecule has 0 bridgehead atoms. The van der Waals surface area contributed by atoms with Crippen LogP contribution in [-0.4, -0.2) is 28.3 Å². The molecular formula is C5H6O5S2. The van der Waals surface area contributed by atoms with E-state index in [4.69, 9.17) is 10.2 Å². The van der Waals surface area contributed by atoms with Crippen LogP contribution in [0.15, 0.2) is 11.5 Å². The molecule has 0 radical (unpaired) electrons. The average molecular weight is 210 g/mol. The van der Waals surface area contributed by atoms with E-state index in [-0.39, 0.29) is 0 Å². The van der Waals surface area contributed by atoms with Gasteiger partial charge in [0.1, 0.15) is 0 Å². The highest BCUT2D eigenvalue weighted by atomic mass is 33.1. The number of rotatable bonds is 0. The number of carboxylic acid groups (broad SMARTS) is 2. The van der Waals surface area contributed by atoms with Crippen LogP contribution in [0.5, 0.6) is 0 Å². The van der Waals surface area contributed by atoms with Gasteiger partial charge in [0, 0.05) is 5.75 Å². The first-order valence-corrected chi connectivity index (χ1v) is 5.08. The lowest BCUT2D eigenvalue weighted by molar-refractivity contribution is 0.0802. The molecule has 1 aliphatic rings. The molecule has 1 heterocycles. The Kier molecular flexibility index (Phi) is 6.39. The van der Waals surface area contributed by atoms with E-state index in [1.54, 1.807) is 0 Å². The average Bonchev–Trinajstić information content (AvgIpc) is 2.36. The molecule has 0 aromatic carbocycles. The summed E-state index contributed by atoms with van der Waals surface area (Å²) in [5, 5.41) is 17.1. The Balaban J connectivity index is 0.000000211. The maximum absolute atomic E-state index is 9.21. The van der Waals surface area contributed by atoms with Gasteiger partial charge < -0.3 is 14.9 Å². The summed E-state index contributed by atoms with van der Waals surface area (Å²) in [5.41, 5.74) is 0. The molecular weight excluding hydrogens is 204 g/mol. The van der Waals surface area contributed by atoms with Crippen LogP contribution < -0.4 is 0 Å². The van der Waals surface area contributed by atoms with Gasteiger partial charge in [-0.1, -0.05) is 27.7 Å². The molecule has 68 valence electrons. The van der Waals surface area contributed by atoms with Gasteiger partial charge in [-0.15, -0.1) is 0 Å². The number of hydrogen-bond donors (Lipinski definition) is 2. The van der Waals surface area contributed by atoms with E-state index in [0.29, 0.717) is 0 Å². The van der Waals surface area contributed by atoms with Gasteiger partial charge in [0.05, 0.1) is 0 Å². The van der Waals surface area contributed by atoms with E-state index >= 15 is 0 Å². The van der Waals surface area contributed by atoms with E-state index < -0.39 is 12.3 Å². The molecule has 1 aliphatic heterocycles. The maximum atomic E-state index is 9.21. The van der Waals surface area contributed by atoms with Gasteiger partial charge in [-0.3, -0.25) is 0 Å². The van der Waals surface area contributed by atoms with Crippen LogP contribution in [0.25, 0.3) is 0 Å². The molecule has 0 unspecified atom stereocenters. The van der Waals surface area contributed by atoms with Crippen molar-refractivity contribution in [2.45, 2.75) is 0 Å². The fourth-order valence-electron chi connectivity index (χ4n) is 0.271. The zero-order valence-corrected chi connectivity index (χ0v) is 7.43. The first-order chi connectivity index (χ1) is 5.63. The van der Waals surface area contributed by atoms with Crippen LogP contribution in [0.4, 0.5) is 9.59 Å². The van der Waals surface area contributed by atoms with Gasteiger partial charge >= 0.3 is 12.3 Å². The topological polar surface area (TPSA) is 83.8 Å². The second-order valence-electron chi connectivity index (χ2n) is 1.39. The summed E-state index contributed by atoms with van der Waals surface area (Å²) >= 11 is 0. The van der Waals surface area contributed by atoms with E-state index in [1.807, 2.05) is 21.6 Å². The molecule has 0 aromatic rings. The standard InChI is InChI=1S/C3H4S2.C2H2O5/c1-2-4-5-3-1;3-1(4)7-2(5)6/h1-2H,3H2;(H,3,4)(H,5,6). The predicted octanol–water partition coefficient (Wildman–Crippen LogP) is 2.25. The highest BCUT2D eigenvalue weighted by molar-refractivity contribution is 8.78. The molecule has 0 amide bonds. The van der Waals surface area contributed by atoms with Gasteiger partial charge in [-0.05, 0) is 5.41 Å². The Morgan fingerprint density at radius 1 is 1.33 bits per heavy atom. The Morgan fingerprint density at radius 2 is 1.92 bits per heavy atom. The highest BCUT2D eigenvalue weighted by Crippen LogP contribution is 2.27. The van der Waals surface area contributed by atoms with E-state index in [9.17, 15) is 9.59 Å². The van der Waals surface area contributed by atoms with Crippen molar-refractivity contribution in [3.8, 4) is 0 Å². The summed E-state index contributed by atoms with van der Waals surface area (Å²) in [6.07, 6.45) is -1.46. The van der Waals surface area contributed by atoms with Crippen LogP contribution >= 0.6 is 21.6 Å². The van der Waals surface area contributed by atoms with Crippen LogP contribution in [-0.2, 0) is 4.74 Å². The summed E-state index contributed by atoms with van der Waals surface area (Å²) in [5.74, 6) is 1.20. The molecule has 0 aliphatic carbocycles. The molecule has 0 aromatic heterocycles. The second-order valence-corrected chi connectivity index (χ2v) is 3.70. The first kappa shape index (κ1) is 11.2. The second kappa shape index (κ2) is 6.86. The summed E-state index contributed by atoms with van der Waals surface area (Å²) in [7, 11) is 3.69. The number of carbonyl (C=O) groups is 2. The lowest BCUT2D eigenvalue weighted by atomic mass is 10.8. The number of ether oxygens (including phenoxy) is 1. The van der Waals surface area contributed by atoms with E-state index in [1.165, 1.54) is 5.75 Å². The molecule has 0 fully saturated rings. The molecule has 0 atom stereocenters. The van der Waals surface area contributed by atoms with Gasteiger partial charge in [-0.2, -0.15) is 0 Å². The summed E-state index contributed by atoms with van der Waals surface area (Å²) in [6.45, 7) is 0. The quantitative estimate of drug-likeness (QED) is 0.360. The minimum atomic E-state index is -1.81. The highest BCUT2D eigenvalue weighted by Gasteiger charge is 2.01. The van der Waals surface area contributed by atoms with Gasteiger partial charge in [0.15, 0.2) is 0 Å². The van der Waals surface area contributed by atoms with Gasteiger partial charge in [0.2, 0.25) is 0 Å². The van der Waals surface area contributed by atoms with Crippen molar-refractivity contribution < 1.29 is 24.5 Å². The Bertz CT molecular complexity index is 172. The van der Waals surface area contributed by atoms with Crippen molar-refractivity contribution in [2.75, 3.05) is 5.75 Å². The van der Waals surface area contributed by atoms with Crippen LogP contribution in [0.3, 0.4) is 0 Å². The zero-order chi connectivity index (χ0) is 9.40. The van der Waals surface area contributed by atoms with Crippen molar-refractivity contribution in [3.05, 3.63) is 11.5 Å². The van der Waals surface area contributed by atoms with Gasteiger partial charge in [0.25, 0.3) is 0 Å². The maximum Gasteiger partial charge on any atom is 0.516 e. The van der Waals surface area contributed by atoms with E-state index in [0.717, 1.165) is 0 Å². The number of hydrogen-bond acceptors (Lipinski definition) is 5. The Morgan fingerprint density at radius 3 is 2.00 bits per heavy atom. The molecule has 1 rings (SSSR count). The molecule has 0 saturated heterocycles. The third-order valence-electron chi connectivity index (χ3n) is 0.559. The van der Waals surface area contributed by atoms with Crippen molar-refractivity contribution in [1.29, 1.82) is 0 Å². The molecule has 0 spiro atoms. The third-order valence-corrected chi connectivity index (χ3v) is 2.48. The Labute approximate surface area is 76.2 Å². The van der Waals surface area contributed by atoms with Gasteiger partial charge in [-0.25, -0.2) is 9.59 Å². The SMILES string of the molecule is C1=CSSC1.O=C(O)OC(=O)O. The van der Waals surface area contributed by atoms with Crippen LogP contribution in [0.2, 0.25) is 0 Å². The summed E-state index contributed by atoms with van der Waals surface area (Å²) in [4.78, 5) is 18.4. The monoisotopic (exact) mass is 210 g/mol. The molecule has 7 heteroatoms. The van der Waals surface area contributed by atoms with Crippen LogP contribution in [0, 0.1) is 0 Å². The third kappa shape index (κ3) is 9.18. The Hall–Kier alpha value is -0.820. The lowest BCUT2D eigenvalue weighted by Crippen LogP contribution is -2.05. The first-order valence-electron chi connectivity index (χ1n) is 2.70. The minimum absolute atomic E-state index is 1.20. The molecule has 5 nitrogen and oxygen atoms in total. The molecule has 0 saturated carbocycles. The van der Waals surface area contributed by atoms with Crippen molar-refractivity contribution in [3.63, 3.8) is 0 Å². The van der Waals surface area contributed by atoms with Crippen molar-refractivity contribution in [1.82, 2.24) is 0 Å².